The minimum absolute atomic E-state index is 0.122. The lowest BCUT2D eigenvalue weighted by Crippen LogP contribution is -2.39. The quantitative estimate of drug-likeness (QED) is 0.573. The van der Waals surface area contributed by atoms with Crippen molar-refractivity contribution in [3.05, 3.63) is 60.2 Å². The van der Waals surface area contributed by atoms with E-state index in [9.17, 15) is 13.2 Å². The Labute approximate surface area is 209 Å². The van der Waals surface area contributed by atoms with Gasteiger partial charge in [0.05, 0.1) is 11.4 Å². The molecule has 4 rings (SSSR count). The van der Waals surface area contributed by atoms with E-state index in [1.165, 1.54) is 24.1 Å². The Kier molecular flexibility index (Phi) is 8.93. The molecule has 188 valence electrons. The van der Waals surface area contributed by atoms with Gasteiger partial charge in [-0.1, -0.05) is 42.8 Å². The molecule has 2 heterocycles. The molecule has 8 heteroatoms. The third kappa shape index (κ3) is 7.90. The standard InChI is InChI=1S/C27H36N4O3S/c32-27(21-31-18-15-23(16-19-31)14-13-22-8-3-1-4-9-22)29-24-10-7-11-25(20-24)35(33,34)30-26-12-5-2-6-17-28-26/h1,3-4,7-11,20,23H,2,5-6,12-19,21H2,(H,28,30)(H,29,32). The fourth-order valence-corrected chi connectivity index (χ4v) is 5.90. The van der Waals surface area contributed by atoms with Gasteiger partial charge in [-0.25, -0.2) is 8.42 Å². The van der Waals surface area contributed by atoms with Gasteiger partial charge in [0.1, 0.15) is 5.84 Å². The lowest BCUT2D eigenvalue weighted by molar-refractivity contribution is -0.117. The molecule has 2 aromatic rings. The van der Waals surface area contributed by atoms with Crippen LogP contribution in [-0.4, -0.2) is 51.2 Å². The smallest absolute Gasteiger partial charge is 0.262 e. The minimum atomic E-state index is -3.74. The number of aliphatic imine (C=N–C) groups is 1. The summed E-state index contributed by atoms with van der Waals surface area (Å²) in [6.07, 6.45) is 8.10. The summed E-state index contributed by atoms with van der Waals surface area (Å²) >= 11 is 0. The highest BCUT2D eigenvalue weighted by atomic mass is 32.2. The molecular weight excluding hydrogens is 460 g/mol. The second kappa shape index (κ2) is 12.3. The van der Waals surface area contributed by atoms with Gasteiger partial charge in [0.15, 0.2) is 0 Å². The second-order valence-corrected chi connectivity index (χ2v) is 11.2. The molecule has 2 N–H and O–H groups in total. The average molecular weight is 497 g/mol. The van der Waals surface area contributed by atoms with Gasteiger partial charge < -0.3 is 5.32 Å². The Morgan fingerprint density at radius 3 is 2.60 bits per heavy atom. The molecule has 0 spiro atoms. The summed E-state index contributed by atoms with van der Waals surface area (Å²) in [5.41, 5.74) is 1.87. The molecule has 1 fully saturated rings. The highest BCUT2D eigenvalue weighted by Crippen LogP contribution is 2.23. The van der Waals surface area contributed by atoms with E-state index in [4.69, 9.17) is 0 Å². The van der Waals surface area contributed by atoms with E-state index in [1.54, 1.807) is 12.1 Å². The van der Waals surface area contributed by atoms with Gasteiger partial charge in [-0.05, 0) is 81.3 Å². The Morgan fingerprint density at radius 1 is 1.00 bits per heavy atom. The summed E-state index contributed by atoms with van der Waals surface area (Å²) in [6.45, 7) is 2.79. The van der Waals surface area contributed by atoms with Gasteiger partial charge >= 0.3 is 0 Å². The maximum absolute atomic E-state index is 12.8. The number of nitrogens with one attached hydrogen (secondary N) is 2. The van der Waals surface area contributed by atoms with Crippen LogP contribution in [0.2, 0.25) is 0 Å². The predicted octanol–water partition coefficient (Wildman–Crippen LogP) is 4.22. The van der Waals surface area contributed by atoms with Crippen LogP contribution in [0.15, 0.2) is 64.5 Å². The van der Waals surface area contributed by atoms with E-state index in [2.05, 4.69) is 44.2 Å². The molecule has 2 aliphatic rings. The second-order valence-electron chi connectivity index (χ2n) is 9.56. The Balaban J connectivity index is 1.24. The number of amides is 1. The number of piperidine rings is 1. The number of hydrogen-bond acceptors (Lipinski definition) is 5. The zero-order valence-corrected chi connectivity index (χ0v) is 21.1. The number of likely N-dealkylation sites (tertiary alicyclic amines) is 1. The third-order valence-corrected chi connectivity index (χ3v) is 8.19. The van der Waals surface area contributed by atoms with E-state index in [-0.39, 0.29) is 10.8 Å². The van der Waals surface area contributed by atoms with Gasteiger partial charge in [-0.15, -0.1) is 0 Å². The molecule has 0 aromatic heterocycles. The molecule has 0 atom stereocenters. The van der Waals surface area contributed by atoms with E-state index in [0.29, 0.717) is 37.0 Å². The van der Waals surface area contributed by atoms with Gasteiger partial charge in [-0.2, -0.15) is 0 Å². The van der Waals surface area contributed by atoms with Crippen LogP contribution in [0.4, 0.5) is 5.69 Å². The van der Waals surface area contributed by atoms with Gasteiger partial charge in [0.25, 0.3) is 10.0 Å². The molecule has 0 saturated carbocycles. The lowest BCUT2D eigenvalue weighted by Gasteiger charge is -2.31. The van der Waals surface area contributed by atoms with Gasteiger partial charge in [0, 0.05) is 18.7 Å². The summed E-state index contributed by atoms with van der Waals surface area (Å²) < 4.78 is 28.3. The normalized spacial score (nSPS) is 17.9. The molecule has 0 aliphatic carbocycles. The highest BCUT2D eigenvalue weighted by Gasteiger charge is 2.22. The summed E-state index contributed by atoms with van der Waals surface area (Å²) in [7, 11) is -3.74. The summed E-state index contributed by atoms with van der Waals surface area (Å²) in [5, 5.41) is 2.87. The molecule has 0 radical (unpaired) electrons. The number of rotatable bonds is 8. The van der Waals surface area contributed by atoms with E-state index in [1.807, 2.05) is 6.07 Å². The van der Waals surface area contributed by atoms with E-state index in [0.717, 1.165) is 51.6 Å². The molecule has 1 saturated heterocycles. The van der Waals surface area contributed by atoms with Crippen LogP contribution in [0.1, 0.15) is 50.5 Å². The number of anilines is 1. The first kappa shape index (κ1) is 25.4. The van der Waals surface area contributed by atoms with Crippen molar-refractivity contribution < 1.29 is 13.2 Å². The van der Waals surface area contributed by atoms with Crippen LogP contribution in [0, 0.1) is 5.92 Å². The number of sulfonamides is 1. The maximum atomic E-state index is 12.8. The van der Waals surface area contributed by atoms with Crippen LogP contribution in [0.5, 0.6) is 0 Å². The fraction of sp³-hybridized carbons (Fsp3) is 0.481. The summed E-state index contributed by atoms with van der Waals surface area (Å²) in [4.78, 5) is 19.3. The van der Waals surface area contributed by atoms with Crippen molar-refractivity contribution in [2.75, 3.05) is 31.5 Å². The molecule has 35 heavy (non-hydrogen) atoms. The first-order valence-electron chi connectivity index (χ1n) is 12.7. The predicted molar refractivity (Wildman–Crippen MR) is 140 cm³/mol. The summed E-state index contributed by atoms with van der Waals surface area (Å²) in [5.74, 6) is 1.09. The largest absolute Gasteiger partial charge is 0.325 e. The highest BCUT2D eigenvalue weighted by molar-refractivity contribution is 7.90. The minimum Gasteiger partial charge on any atom is -0.325 e. The number of amidine groups is 1. The molecule has 2 aliphatic heterocycles. The van der Waals surface area contributed by atoms with Gasteiger partial charge in [0.2, 0.25) is 5.91 Å². The van der Waals surface area contributed by atoms with Crippen molar-refractivity contribution >= 4 is 27.5 Å². The number of carbonyl (C=O) groups is 1. The zero-order chi connectivity index (χ0) is 24.5. The lowest BCUT2D eigenvalue weighted by atomic mass is 9.90. The van der Waals surface area contributed by atoms with Crippen molar-refractivity contribution in [1.29, 1.82) is 0 Å². The number of benzene rings is 2. The van der Waals surface area contributed by atoms with Crippen molar-refractivity contribution in [2.24, 2.45) is 10.9 Å². The Bertz CT molecular complexity index is 1110. The van der Waals surface area contributed by atoms with E-state index >= 15 is 0 Å². The van der Waals surface area contributed by atoms with Gasteiger partial charge in [-0.3, -0.25) is 19.4 Å². The summed E-state index contributed by atoms with van der Waals surface area (Å²) in [6, 6.07) is 17.0. The van der Waals surface area contributed by atoms with Crippen LogP contribution < -0.4 is 10.0 Å². The SMILES string of the molecule is O=C(CN1CCC(CCc2ccccc2)CC1)Nc1cccc(S(=O)(=O)NC2=NCCCCC2)c1. The number of nitrogens with zero attached hydrogens (tertiary/aromatic N) is 2. The van der Waals surface area contributed by atoms with Crippen molar-refractivity contribution in [2.45, 2.75) is 56.3 Å². The molecule has 7 nitrogen and oxygen atoms in total. The number of aryl methyl sites for hydroxylation is 1. The average Bonchev–Trinajstić information content (AvgIpc) is 3.12. The topological polar surface area (TPSA) is 90.9 Å². The molecular formula is C27H36N4O3S. The molecule has 1 amide bonds. The van der Waals surface area contributed by atoms with E-state index < -0.39 is 10.0 Å². The maximum Gasteiger partial charge on any atom is 0.262 e. The molecule has 0 bridgehead atoms. The van der Waals surface area contributed by atoms with Crippen LogP contribution in [0.3, 0.4) is 0 Å². The van der Waals surface area contributed by atoms with Crippen molar-refractivity contribution in [1.82, 2.24) is 9.62 Å². The fourth-order valence-electron chi connectivity index (χ4n) is 4.76. The monoisotopic (exact) mass is 496 g/mol. The first-order chi connectivity index (χ1) is 17.0. The molecule has 0 unspecified atom stereocenters. The third-order valence-electron chi connectivity index (χ3n) is 6.81. The Morgan fingerprint density at radius 2 is 1.80 bits per heavy atom. The zero-order valence-electron chi connectivity index (χ0n) is 20.3. The van der Waals surface area contributed by atoms with Crippen LogP contribution in [-0.2, 0) is 21.2 Å². The number of carbonyl (C=O) groups excluding carboxylic acids is 1. The number of hydrogen-bond donors (Lipinski definition) is 2. The van der Waals surface area contributed by atoms with Crippen LogP contribution >= 0.6 is 0 Å². The molecule has 2 aromatic carbocycles. The van der Waals surface area contributed by atoms with Crippen molar-refractivity contribution in [3.8, 4) is 0 Å². The first-order valence-corrected chi connectivity index (χ1v) is 14.2. The Hall–Kier alpha value is -2.71. The van der Waals surface area contributed by atoms with Crippen molar-refractivity contribution in [3.63, 3.8) is 0 Å². The van der Waals surface area contributed by atoms with Crippen LogP contribution in [0.25, 0.3) is 0 Å².